The molecule has 2 N–H and O–H groups in total. The monoisotopic (exact) mass is 252 g/mol. The minimum Gasteiger partial charge on any atom is -0.493 e. The van der Waals surface area contributed by atoms with Crippen LogP contribution >= 0.6 is 0 Å². The number of anilines is 1. The minimum absolute atomic E-state index is 0.0319. The Morgan fingerprint density at radius 3 is 2.72 bits per heavy atom. The fraction of sp³-hybridized carbons (Fsp3) is 0.462. The Morgan fingerprint density at radius 1 is 1.33 bits per heavy atom. The van der Waals surface area contributed by atoms with Gasteiger partial charge in [-0.2, -0.15) is 0 Å². The number of nitrogens with one attached hydrogen (secondary N) is 2. The van der Waals surface area contributed by atoms with E-state index in [2.05, 4.69) is 10.6 Å². The van der Waals surface area contributed by atoms with Crippen molar-refractivity contribution in [1.29, 1.82) is 0 Å². The highest BCUT2D eigenvalue weighted by molar-refractivity contribution is 5.91. The Hall–Kier alpha value is -1.75. The third-order valence-corrected chi connectivity index (χ3v) is 2.35. The van der Waals surface area contributed by atoms with Gasteiger partial charge in [-0.1, -0.05) is 0 Å². The summed E-state index contributed by atoms with van der Waals surface area (Å²) in [7, 11) is 3.39. The highest BCUT2D eigenvalue weighted by atomic mass is 16.5. The molecular formula is C13H20N2O3. The van der Waals surface area contributed by atoms with Crippen LogP contribution in [0.15, 0.2) is 18.2 Å². The molecule has 0 atom stereocenters. The second kappa shape index (κ2) is 7.55. The molecule has 100 valence electrons. The molecular weight excluding hydrogens is 232 g/mol. The molecule has 1 rings (SSSR count). The van der Waals surface area contributed by atoms with E-state index in [9.17, 15) is 4.79 Å². The molecule has 0 aliphatic heterocycles. The smallest absolute Gasteiger partial charge is 0.225 e. The molecule has 5 nitrogen and oxygen atoms in total. The van der Waals surface area contributed by atoms with Crippen molar-refractivity contribution in [1.82, 2.24) is 5.32 Å². The van der Waals surface area contributed by atoms with E-state index in [1.807, 2.05) is 14.0 Å². The predicted octanol–water partition coefficient (Wildman–Crippen LogP) is 1.64. The molecule has 0 aliphatic rings. The van der Waals surface area contributed by atoms with Crippen molar-refractivity contribution in [2.45, 2.75) is 13.3 Å². The van der Waals surface area contributed by atoms with Crippen molar-refractivity contribution >= 4 is 11.6 Å². The van der Waals surface area contributed by atoms with Gasteiger partial charge in [-0.15, -0.1) is 0 Å². The Labute approximate surface area is 107 Å². The van der Waals surface area contributed by atoms with Gasteiger partial charge in [0.1, 0.15) is 0 Å². The Bertz CT molecular complexity index is 394. The average molecular weight is 252 g/mol. The van der Waals surface area contributed by atoms with Crippen LogP contribution in [0.4, 0.5) is 5.69 Å². The quantitative estimate of drug-likeness (QED) is 0.774. The molecule has 0 aliphatic carbocycles. The summed E-state index contributed by atoms with van der Waals surface area (Å²) >= 11 is 0. The van der Waals surface area contributed by atoms with E-state index in [4.69, 9.17) is 9.47 Å². The van der Waals surface area contributed by atoms with Gasteiger partial charge in [-0.3, -0.25) is 4.79 Å². The van der Waals surface area contributed by atoms with E-state index >= 15 is 0 Å². The molecule has 0 bridgehead atoms. The van der Waals surface area contributed by atoms with Gasteiger partial charge in [-0.25, -0.2) is 0 Å². The van der Waals surface area contributed by atoms with E-state index in [1.54, 1.807) is 25.3 Å². The SMILES string of the molecule is CCOc1ccc(NC(=O)CCNC)cc1OC. The number of rotatable bonds is 7. The molecule has 0 spiro atoms. The normalized spacial score (nSPS) is 9.94. The van der Waals surface area contributed by atoms with Gasteiger partial charge in [0, 0.05) is 24.7 Å². The van der Waals surface area contributed by atoms with Crippen LogP contribution in [0.5, 0.6) is 11.5 Å². The van der Waals surface area contributed by atoms with Crippen LogP contribution in [0.1, 0.15) is 13.3 Å². The molecule has 1 aromatic rings. The first-order valence-corrected chi connectivity index (χ1v) is 5.96. The Kier molecular flexibility index (Phi) is 6.00. The van der Waals surface area contributed by atoms with E-state index in [0.29, 0.717) is 36.8 Å². The maximum atomic E-state index is 11.6. The minimum atomic E-state index is -0.0319. The topological polar surface area (TPSA) is 59.6 Å². The van der Waals surface area contributed by atoms with Gasteiger partial charge >= 0.3 is 0 Å². The molecule has 0 fully saturated rings. The summed E-state index contributed by atoms with van der Waals surface area (Å²) in [6.07, 6.45) is 0.437. The highest BCUT2D eigenvalue weighted by Crippen LogP contribution is 2.30. The lowest BCUT2D eigenvalue weighted by Crippen LogP contribution is -2.18. The largest absolute Gasteiger partial charge is 0.493 e. The number of carbonyl (C=O) groups excluding carboxylic acids is 1. The van der Waals surface area contributed by atoms with Crippen LogP contribution in [-0.4, -0.2) is 33.2 Å². The molecule has 0 unspecified atom stereocenters. The van der Waals surface area contributed by atoms with Crippen LogP contribution in [0.3, 0.4) is 0 Å². The summed E-state index contributed by atoms with van der Waals surface area (Å²) in [5.41, 5.74) is 0.705. The Balaban J connectivity index is 2.69. The lowest BCUT2D eigenvalue weighted by molar-refractivity contribution is -0.116. The summed E-state index contributed by atoms with van der Waals surface area (Å²) in [5, 5.41) is 5.73. The van der Waals surface area contributed by atoms with E-state index in [0.717, 1.165) is 0 Å². The van der Waals surface area contributed by atoms with E-state index < -0.39 is 0 Å². The van der Waals surface area contributed by atoms with Crippen molar-refractivity contribution in [3.05, 3.63) is 18.2 Å². The number of hydrogen-bond acceptors (Lipinski definition) is 4. The number of methoxy groups -OCH3 is 1. The zero-order valence-corrected chi connectivity index (χ0v) is 11.1. The summed E-state index contributed by atoms with van der Waals surface area (Å²) in [4.78, 5) is 11.6. The molecule has 1 aromatic carbocycles. The molecule has 0 saturated heterocycles. The maximum absolute atomic E-state index is 11.6. The van der Waals surface area contributed by atoms with Crippen LogP contribution in [0.2, 0.25) is 0 Å². The predicted molar refractivity (Wildman–Crippen MR) is 71.3 cm³/mol. The van der Waals surface area contributed by atoms with Gasteiger partial charge in [0.15, 0.2) is 11.5 Å². The first-order valence-electron chi connectivity index (χ1n) is 5.96. The van der Waals surface area contributed by atoms with Crippen LogP contribution in [-0.2, 0) is 4.79 Å². The highest BCUT2D eigenvalue weighted by Gasteiger charge is 2.07. The van der Waals surface area contributed by atoms with Gasteiger partial charge < -0.3 is 20.1 Å². The van der Waals surface area contributed by atoms with Crippen LogP contribution < -0.4 is 20.1 Å². The first kappa shape index (κ1) is 14.3. The fourth-order valence-electron chi connectivity index (χ4n) is 1.48. The molecule has 0 aromatic heterocycles. The standard InChI is InChI=1S/C13H20N2O3/c1-4-18-11-6-5-10(9-12(11)17-3)15-13(16)7-8-14-2/h5-6,9,14H,4,7-8H2,1-3H3,(H,15,16). The zero-order chi connectivity index (χ0) is 13.4. The van der Waals surface area contributed by atoms with Crippen LogP contribution in [0, 0.1) is 0 Å². The molecule has 0 saturated carbocycles. The number of carbonyl (C=O) groups is 1. The summed E-state index contributed by atoms with van der Waals surface area (Å²) in [6.45, 7) is 3.14. The van der Waals surface area contributed by atoms with E-state index in [1.165, 1.54) is 0 Å². The summed E-state index contributed by atoms with van der Waals surface area (Å²) in [5.74, 6) is 1.26. The van der Waals surface area contributed by atoms with Gasteiger partial charge in [0.25, 0.3) is 0 Å². The van der Waals surface area contributed by atoms with Crippen molar-refractivity contribution in [3.8, 4) is 11.5 Å². The van der Waals surface area contributed by atoms with Crippen LogP contribution in [0.25, 0.3) is 0 Å². The molecule has 0 heterocycles. The third kappa shape index (κ3) is 4.25. The maximum Gasteiger partial charge on any atom is 0.225 e. The fourth-order valence-corrected chi connectivity index (χ4v) is 1.48. The average Bonchev–Trinajstić information content (AvgIpc) is 2.38. The number of benzene rings is 1. The lowest BCUT2D eigenvalue weighted by atomic mass is 10.2. The zero-order valence-electron chi connectivity index (χ0n) is 11.1. The molecule has 1 amide bonds. The molecule has 18 heavy (non-hydrogen) atoms. The number of amides is 1. The first-order chi connectivity index (χ1) is 8.71. The van der Waals surface area contributed by atoms with Crippen molar-refractivity contribution in [3.63, 3.8) is 0 Å². The summed E-state index contributed by atoms with van der Waals surface area (Å²) in [6, 6.07) is 5.34. The van der Waals surface area contributed by atoms with Crippen molar-refractivity contribution in [2.24, 2.45) is 0 Å². The third-order valence-electron chi connectivity index (χ3n) is 2.35. The molecule has 5 heteroatoms. The lowest BCUT2D eigenvalue weighted by Gasteiger charge is -2.11. The van der Waals surface area contributed by atoms with Gasteiger partial charge in [0.05, 0.1) is 13.7 Å². The second-order valence-electron chi connectivity index (χ2n) is 3.70. The van der Waals surface area contributed by atoms with Gasteiger partial charge in [0.2, 0.25) is 5.91 Å². The summed E-state index contributed by atoms with van der Waals surface area (Å²) < 4.78 is 10.6. The van der Waals surface area contributed by atoms with Gasteiger partial charge in [-0.05, 0) is 26.1 Å². The van der Waals surface area contributed by atoms with Crippen molar-refractivity contribution in [2.75, 3.05) is 32.6 Å². The number of hydrogen-bond donors (Lipinski definition) is 2. The second-order valence-corrected chi connectivity index (χ2v) is 3.70. The molecule has 0 radical (unpaired) electrons. The van der Waals surface area contributed by atoms with E-state index in [-0.39, 0.29) is 5.91 Å². The number of ether oxygens (including phenoxy) is 2. The van der Waals surface area contributed by atoms with Crippen molar-refractivity contribution < 1.29 is 14.3 Å². The Morgan fingerprint density at radius 2 is 2.11 bits per heavy atom.